The van der Waals surface area contributed by atoms with E-state index in [4.69, 9.17) is 23.2 Å². The quantitative estimate of drug-likeness (QED) is 0.709. The Kier molecular flexibility index (Phi) is 26.6. The molecule has 0 aliphatic carbocycles. The molecule has 0 N–H and O–H groups in total. The maximum absolute atomic E-state index is 9.44. The summed E-state index contributed by atoms with van der Waals surface area (Å²) in [6, 6.07) is 0. The number of carbonyl (C=O) groups is 1. The first-order valence-corrected chi connectivity index (χ1v) is 5.88. The SMILES string of the molecule is CC(C)=O.CCN(CC)CC.ClCCl. The fraction of sp³-hybridized carbons (Fsp3) is 0.900. The van der Waals surface area contributed by atoms with E-state index in [1.165, 1.54) is 33.5 Å². The molecule has 0 aliphatic heterocycles. The number of Topliss-reactive ketones (excluding diaryl/α,β-unsaturated/α-hetero) is 1. The van der Waals surface area contributed by atoms with Gasteiger partial charge in [0.25, 0.3) is 0 Å². The molecule has 0 fully saturated rings. The molecular weight excluding hydrogens is 221 g/mol. The second-order valence-corrected chi connectivity index (χ2v) is 3.44. The lowest BCUT2D eigenvalue weighted by Crippen LogP contribution is -2.21. The fourth-order valence-electron chi connectivity index (χ4n) is 0.671. The van der Waals surface area contributed by atoms with Gasteiger partial charge in [-0.25, -0.2) is 0 Å². The highest BCUT2D eigenvalue weighted by atomic mass is 35.5. The van der Waals surface area contributed by atoms with E-state index in [0.717, 1.165) is 0 Å². The van der Waals surface area contributed by atoms with Crippen molar-refractivity contribution in [1.29, 1.82) is 0 Å². The molecule has 14 heavy (non-hydrogen) atoms. The topological polar surface area (TPSA) is 20.3 Å². The Labute approximate surface area is 98.6 Å². The molecule has 0 aromatic rings. The van der Waals surface area contributed by atoms with Crippen molar-refractivity contribution in [2.45, 2.75) is 34.6 Å². The first kappa shape index (κ1) is 19.7. The third kappa shape index (κ3) is 39.8. The Hall–Kier alpha value is 0.210. The normalized spacial score (nSPS) is 8.29. The molecule has 0 atom stereocenters. The van der Waals surface area contributed by atoms with E-state index in [1.54, 1.807) is 0 Å². The van der Waals surface area contributed by atoms with Gasteiger partial charge in [0.05, 0.1) is 5.34 Å². The largest absolute Gasteiger partial charge is 0.304 e. The van der Waals surface area contributed by atoms with Crippen molar-refractivity contribution in [2.24, 2.45) is 0 Å². The summed E-state index contributed by atoms with van der Waals surface area (Å²) < 4.78 is 0. The zero-order valence-electron chi connectivity index (χ0n) is 9.94. The van der Waals surface area contributed by atoms with E-state index in [9.17, 15) is 4.79 Å². The zero-order chi connectivity index (χ0) is 12.0. The van der Waals surface area contributed by atoms with Crippen LogP contribution in [0.2, 0.25) is 0 Å². The minimum atomic E-state index is 0.167. The van der Waals surface area contributed by atoms with E-state index >= 15 is 0 Å². The first-order valence-electron chi connectivity index (χ1n) is 4.81. The maximum Gasteiger partial charge on any atom is 0.126 e. The van der Waals surface area contributed by atoms with Crippen molar-refractivity contribution in [3.8, 4) is 0 Å². The van der Waals surface area contributed by atoms with E-state index in [1.807, 2.05) is 0 Å². The maximum atomic E-state index is 9.44. The Bertz CT molecular complexity index is 96.8. The Morgan fingerprint density at radius 2 is 1.14 bits per heavy atom. The molecule has 0 heterocycles. The predicted octanol–water partition coefficient (Wildman–Crippen LogP) is 3.36. The van der Waals surface area contributed by atoms with Gasteiger partial charge in [-0.3, -0.25) is 0 Å². The number of halogens is 2. The molecule has 0 saturated carbocycles. The zero-order valence-corrected chi connectivity index (χ0v) is 11.5. The number of nitrogens with zero attached hydrogens (tertiary/aromatic N) is 1. The smallest absolute Gasteiger partial charge is 0.126 e. The minimum Gasteiger partial charge on any atom is -0.304 e. The van der Waals surface area contributed by atoms with Crippen molar-refractivity contribution in [3.05, 3.63) is 0 Å². The van der Waals surface area contributed by atoms with Gasteiger partial charge in [-0.1, -0.05) is 20.8 Å². The van der Waals surface area contributed by atoms with E-state index in [-0.39, 0.29) is 11.1 Å². The molecule has 0 bridgehead atoms. The molecule has 0 aliphatic rings. The highest BCUT2D eigenvalue weighted by Crippen LogP contribution is 1.81. The van der Waals surface area contributed by atoms with E-state index in [2.05, 4.69) is 25.7 Å². The number of hydrogen-bond acceptors (Lipinski definition) is 2. The second-order valence-electron chi connectivity index (χ2n) is 2.63. The summed E-state index contributed by atoms with van der Waals surface area (Å²) in [5, 5.41) is 0.194. The highest BCUT2D eigenvalue weighted by molar-refractivity contribution is 6.40. The average molecular weight is 244 g/mol. The van der Waals surface area contributed by atoms with Crippen molar-refractivity contribution < 1.29 is 4.79 Å². The molecule has 0 spiro atoms. The number of hydrogen-bond donors (Lipinski definition) is 0. The summed E-state index contributed by atoms with van der Waals surface area (Å²) in [6.07, 6.45) is 0. The lowest BCUT2D eigenvalue weighted by Gasteiger charge is -2.13. The summed E-state index contributed by atoms with van der Waals surface area (Å²) in [6.45, 7) is 13.2. The first-order chi connectivity index (χ1) is 6.49. The van der Waals surface area contributed by atoms with Crippen LogP contribution in [0, 0.1) is 0 Å². The van der Waals surface area contributed by atoms with Crippen LogP contribution in [-0.2, 0) is 4.79 Å². The molecule has 0 saturated heterocycles. The highest BCUT2D eigenvalue weighted by Gasteiger charge is 1.89. The van der Waals surface area contributed by atoms with Crippen LogP contribution >= 0.6 is 23.2 Å². The van der Waals surface area contributed by atoms with Crippen LogP contribution in [0.25, 0.3) is 0 Å². The summed E-state index contributed by atoms with van der Waals surface area (Å²) in [7, 11) is 0. The molecule has 0 amide bonds. The number of carbonyl (C=O) groups excluding carboxylic acids is 1. The average Bonchev–Trinajstić information content (AvgIpc) is 2.08. The van der Waals surface area contributed by atoms with Crippen molar-refractivity contribution >= 4 is 29.0 Å². The number of ketones is 1. The van der Waals surface area contributed by atoms with Crippen LogP contribution in [0.4, 0.5) is 0 Å². The van der Waals surface area contributed by atoms with E-state index < -0.39 is 0 Å². The van der Waals surface area contributed by atoms with Crippen LogP contribution in [0.3, 0.4) is 0 Å². The second kappa shape index (κ2) is 18.9. The van der Waals surface area contributed by atoms with E-state index in [0.29, 0.717) is 0 Å². The van der Waals surface area contributed by atoms with Crippen molar-refractivity contribution in [1.82, 2.24) is 4.90 Å². The molecule has 0 rings (SSSR count). The summed E-state index contributed by atoms with van der Waals surface area (Å²) in [4.78, 5) is 11.8. The van der Waals surface area contributed by atoms with Crippen molar-refractivity contribution in [3.63, 3.8) is 0 Å². The van der Waals surface area contributed by atoms with Gasteiger partial charge < -0.3 is 9.69 Å². The lowest BCUT2D eigenvalue weighted by atomic mass is 10.5. The molecule has 4 heteroatoms. The Morgan fingerprint density at radius 3 is 1.14 bits per heavy atom. The lowest BCUT2D eigenvalue weighted by molar-refractivity contribution is -0.114. The minimum absolute atomic E-state index is 0.167. The molecule has 2 nitrogen and oxygen atoms in total. The molecule has 0 radical (unpaired) electrons. The van der Waals surface area contributed by atoms with Crippen molar-refractivity contribution in [2.75, 3.05) is 25.0 Å². The monoisotopic (exact) mass is 243 g/mol. The summed E-state index contributed by atoms with van der Waals surface area (Å²) in [5.74, 6) is 0.167. The van der Waals surface area contributed by atoms with Crippen LogP contribution in [0.15, 0.2) is 0 Å². The van der Waals surface area contributed by atoms with Gasteiger partial charge in [0.1, 0.15) is 5.78 Å². The summed E-state index contributed by atoms with van der Waals surface area (Å²) in [5.41, 5.74) is 0. The third-order valence-electron chi connectivity index (χ3n) is 1.34. The molecule has 0 unspecified atom stereocenters. The van der Waals surface area contributed by atoms with Crippen LogP contribution in [0.1, 0.15) is 34.6 Å². The van der Waals surface area contributed by atoms with Gasteiger partial charge in [0, 0.05) is 0 Å². The van der Waals surface area contributed by atoms with Gasteiger partial charge >= 0.3 is 0 Å². The summed E-state index contributed by atoms with van der Waals surface area (Å²) >= 11 is 9.53. The third-order valence-corrected chi connectivity index (χ3v) is 1.34. The molecule has 88 valence electrons. The van der Waals surface area contributed by atoms with Gasteiger partial charge in [0.15, 0.2) is 0 Å². The van der Waals surface area contributed by atoms with Gasteiger partial charge in [0.2, 0.25) is 0 Å². The van der Waals surface area contributed by atoms with Crippen LogP contribution in [0.5, 0.6) is 0 Å². The van der Waals surface area contributed by atoms with Gasteiger partial charge in [-0.2, -0.15) is 0 Å². The van der Waals surface area contributed by atoms with Gasteiger partial charge in [-0.05, 0) is 33.5 Å². The molecule has 0 aromatic carbocycles. The molecule has 0 aromatic heterocycles. The van der Waals surface area contributed by atoms with Crippen LogP contribution < -0.4 is 0 Å². The van der Waals surface area contributed by atoms with Gasteiger partial charge in [-0.15, -0.1) is 23.2 Å². The predicted molar refractivity (Wildman–Crippen MR) is 66.4 cm³/mol. The molecular formula is C10H23Cl2NO. The Morgan fingerprint density at radius 1 is 1.00 bits per heavy atom. The number of alkyl halides is 2. The number of rotatable bonds is 3. The fourth-order valence-corrected chi connectivity index (χ4v) is 0.671. The Balaban J connectivity index is -0.000000147. The van der Waals surface area contributed by atoms with Crippen LogP contribution in [-0.4, -0.2) is 35.7 Å². The standard InChI is InChI=1S/C6H15N.C3H6O.CH2Cl2/c1-4-7(5-2)6-3;1-3(2)4;2-1-3/h4-6H2,1-3H3;1-2H3;1H2.